The molecule has 2 nitrogen and oxygen atoms in total. The Balaban J connectivity index is 1.60. The summed E-state index contributed by atoms with van der Waals surface area (Å²) >= 11 is 0. The lowest BCUT2D eigenvalue weighted by atomic mass is 9.80. The van der Waals surface area contributed by atoms with Gasteiger partial charge in [0.05, 0.1) is 5.56 Å². The van der Waals surface area contributed by atoms with Gasteiger partial charge in [-0.2, -0.15) is 0 Å². The highest BCUT2D eigenvalue weighted by atomic mass is 19.1. The SMILES string of the molecule is CCC[C@H]1CC[C@H](C#Cc2cnc(-c3ccc(F)cc3)nc2)CC1. The lowest BCUT2D eigenvalue weighted by molar-refractivity contribution is 0.300. The van der Waals surface area contributed by atoms with Crippen LogP contribution in [0.3, 0.4) is 0 Å². The smallest absolute Gasteiger partial charge is 0.159 e. The molecule has 0 amide bonds. The Kier molecular flexibility index (Phi) is 5.59. The normalized spacial score (nSPS) is 20.2. The van der Waals surface area contributed by atoms with E-state index < -0.39 is 0 Å². The standard InChI is InChI=1S/C21H23FN2/c1-2-3-16-4-6-17(7-5-16)8-9-18-14-23-21(24-15-18)19-10-12-20(22)13-11-19/h10-17H,2-7H2,1H3/t16-,17-. The van der Waals surface area contributed by atoms with Crippen LogP contribution in [0.15, 0.2) is 36.7 Å². The Morgan fingerprint density at radius 2 is 1.71 bits per heavy atom. The summed E-state index contributed by atoms with van der Waals surface area (Å²) in [5, 5.41) is 0. The highest BCUT2D eigenvalue weighted by Crippen LogP contribution is 2.31. The van der Waals surface area contributed by atoms with Crippen LogP contribution in [0.2, 0.25) is 0 Å². The molecule has 1 aliphatic carbocycles. The van der Waals surface area contributed by atoms with Crippen LogP contribution in [0, 0.1) is 29.5 Å². The van der Waals surface area contributed by atoms with Crippen LogP contribution < -0.4 is 0 Å². The van der Waals surface area contributed by atoms with Gasteiger partial charge in [0.15, 0.2) is 5.82 Å². The van der Waals surface area contributed by atoms with Crippen molar-refractivity contribution in [1.29, 1.82) is 0 Å². The van der Waals surface area contributed by atoms with Crippen LogP contribution in [-0.4, -0.2) is 9.97 Å². The van der Waals surface area contributed by atoms with Gasteiger partial charge in [-0.05, 0) is 55.9 Å². The van der Waals surface area contributed by atoms with Crippen molar-refractivity contribution in [2.24, 2.45) is 11.8 Å². The number of halogens is 1. The number of rotatable bonds is 3. The van der Waals surface area contributed by atoms with Gasteiger partial charge < -0.3 is 0 Å². The first-order chi connectivity index (χ1) is 11.7. The zero-order chi connectivity index (χ0) is 16.8. The summed E-state index contributed by atoms with van der Waals surface area (Å²) in [6.45, 7) is 2.27. The van der Waals surface area contributed by atoms with Gasteiger partial charge in [-0.15, -0.1) is 0 Å². The molecule has 1 aromatic carbocycles. The minimum absolute atomic E-state index is 0.255. The van der Waals surface area contributed by atoms with Gasteiger partial charge in [-0.25, -0.2) is 14.4 Å². The zero-order valence-corrected chi connectivity index (χ0v) is 14.1. The van der Waals surface area contributed by atoms with Crippen LogP contribution >= 0.6 is 0 Å². The van der Waals surface area contributed by atoms with Crippen molar-refractivity contribution in [1.82, 2.24) is 9.97 Å². The molecular weight excluding hydrogens is 299 g/mol. The summed E-state index contributed by atoms with van der Waals surface area (Å²) in [5.41, 5.74) is 1.65. The fraction of sp³-hybridized carbons (Fsp3) is 0.429. The Morgan fingerprint density at radius 1 is 1.04 bits per heavy atom. The van der Waals surface area contributed by atoms with Crippen molar-refractivity contribution in [3.63, 3.8) is 0 Å². The third-order valence-corrected chi connectivity index (χ3v) is 4.72. The molecule has 0 N–H and O–H groups in total. The lowest BCUT2D eigenvalue weighted by Gasteiger charge is -2.25. The summed E-state index contributed by atoms with van der Waals surface area (Å²) in [5.74, 6) is 8.36. The maximum atomic E-state index is 13.0. The Morgan fingerprint density at radius 3 is 2.33 bits per heavy atom. The number of hydrogen-bond donors (Lipinski definition) is 0. The molecule has 0 radical (unpaired) electrons. The molecule has 0 unspecified atom stereocenters. The average Bonchev–Trinajstić information content (AvgIpc) is 2.63. The second-order valence-electron chi connectivity index (χ2n) is 6.58. The van der Waals surface area contributed by atoms with Crippen molar-refractivity contribution >= 4 is 0 Å². The van der Waals surface area contributed by atoms with E-state index in [0.29, 0.717) is 11.7 Å². The Hall–Kier alpha value is -2.21. The minimum Gasteiger partial charge on any atom is -0.235 e. The van der Waals surface area contributed by atoms with Crippen molar-refractivity contribution in [2.45, 2.75) is 45.4 Å². The minimum atomic E-state index is -0.255. The molecule has 1 fully saturated rings. The summed E-state index contributed by atoms with van der Waals surface area (Å²) in [6.07, 6.45) is 11.2. The largest absolute Gasteiger partial charge is 0.235 e. The van der Waals surface area contributed by atoms with E-state index >= 15 is 0 Å². The van der Waals surface area contributed by atoms with Gasteiger partial charge >= 0.3 is 0 Å². The van der Waals surface area contributed by atoms with E-state index in [9.17, 15) is 4.39 Å². The van der Waals surface area contributed by atoms with E-state index in [4.69, 9.17) is 0 Å². The van der Waals surface area contributed by atoms with Crippen molar-refractivity contribution in [2.75, 3.05) is 0 Å². The lowest BCUT2D eigenvalue weighted by Crippen LogP contribution is -2.13. The van der Waals surface area contributed by atoms with Gasteiger partial charge in [-0.1, -0.05) is 31.6 Å². The first kappa shape index (κ1) is 16.6. The predicted molar refractivity (Wildman–Crippen MR) is 94.7 cm³/mol. The molecule has 1 aliphatic rings. The predicted octanol–water partition coefficient (Wildman–Crippen LogP) is 5.24. The Labute approximate surface area is 143 Å². The quantitative estimate of drug-likeness (QED) is 0.722. The van der Waals surface area contributed by atoms with Crippen LogP contribution in [-0.2, 0) is 0 Å². The summed E-state index contributed by atoms with van der Waals surface area (Å²) < 4.78 is 13.0. The summed E-state index contributed by atoms with van der Waals surface area (Å²) in [7, 11) is 0. The average molecular weight is 322 g/mol. The fourth-order valence-corrected chi connectivity index (χ4v) is 3.33. The molecule has 0 saturated heterocycles. The van der Waals surface area contributed by atoms with Crippen LogP contribution in [0.25, 0.3) is 11.4 Å². The van der Waals surface area contributed by atoms with E-state index in [1.807, 2.05) is 0 Å². The molecule has 3 rings (SSSR count). The summed E-state index contributed by atoms with van der Waals surface area (Å²) in [4.78, 5) is 8.69. The maximum absolute atomic E-state index is 13.0. The molecule has 3 heteroatoms. The maximum Gasteiger partial charge on any atom is 0.159 e. The molecule has 0 spiro atoms. The van der Waals surface area contributed by atoms with Crippen LogP contribution in [0.5, 0.6) is 0 Å². The van der Waals surface area contributed by atoms with Crippen LogP contribution in [0.1, 0.15) is 51.0 Å². The number of nitrogens with zero attached hydrogens (tertiary/aromatic N) is 2. The first-order valence-corrected chi connectivity index (χ1v) is 8.84. The van der Waals surface area contributed by atoms with Gasteiger partial charge in [0, 0.05) is 23.9 Å². The molecule has 1 heterocycles. The van der Waals surface area contributed by atoms with E-state index in [0.717, 1.165) is 17.0 Å². The first-order valence-electron chi connectivity index (χ1n) is 8.84. The molecule has 0 atom stereocenters. The van der Waals surface area contributed by atoms with Crippen molar-refractivity contribution in [3.8, 4) is 23.2 Å². The van der Waals surface area contributed by atoms with E-state index in [1.165, 1.54) is 50.7 Å². The fourth-order valence-electron chi connectivity index (χ4n) is 3.33. The topological polar surface area (TPSA) is 25.8 Å². The van der Waals surface area contributed by atoms with Crippen molar-refractivity contribution in [3.05, 3.63) is 48.0 Å². The summed E-state index contributed by atoms with van der Waals surface area (Å²) in [6, 6.07) is 6.21. The van der Waals surface area contributed by atoms with Gasteiger partial charge in [0.2, 0.25) is 0 Å². The molecule has 0 aliphatic heterocycles. The van der Waals surface area contributed by atoms with E-state index in [2.05, 4.69) is 28.7 Å². The van der Waals surface area contributed by atoms with Crippen molar-refractivity contribution < 1.29 is 4.39 Å². The van der Waals surface area contributed by atoms with Gasteiger partial charge in [-0.3, -0.25) is 0 Å². The third-order valence-electron chi connectivity index (χ3n) is 4.72. The molecule has 1 aromatic heterocycles. The highest BCUT2D eigenvalue weighted by Gasteiger charge is 2.18. The Bertz CT molecular complexity index is 702. The third kappa shape index (κ3) is 4.41. The molecule has 1 saturated carbocycles. The van der Waals surface area contributed by atoms with E-state index in [-0.39, 0.29) is 5.82 Å². The van der Waals surface area contributed by atoms with Crippen LogP contribution in [0.4, 0.5) is 4.39 Å². The highest BCUT2D eigenvalue weighted by molar-refractivity contribution is 5.54. The van der Waals surface area contributed by atoms with E-state index in [1.54, 1.807) is 24.5 Å². The number of hydrogen-bond acceptors (Lipinski definition) is 2. The molecule has 2 aromatic rings. The zero-order valence-electron chi connectivity index (χ0n) is 14.1. The van der Waals surface area contributed by atoms with Gasteiger partial charge in [0.25, 0.3) is 0 Å². The number of benzene rings is 1. The molecule has 124 valence electrons. The molecular formula is C21H23FN2. The van der Waals surface area contributed by atoms with Gasteiger partial charge in [0.1, 0.15) is 5.82 Å². The monoisotopic (exact) mass is 322 g/mol. The second kappa shape index (κ2) is 8.06. The molecule has 0 bridgehead atoms. The molecule has 24 heavy (non-hydrogen) atoms. The second-order valence-corrected chi connectivity index (χ2v) is 6.58. The number of aromatic nitrogens is 2.